The van der Waals surface area contributed by atoms with Gasteiger partial charge in [0.1, 0.15) is 0 Å². The van der Waals surface area contributed by atoms with Gasteiger partial charge >= 0.3 is 0 Å². The molecule has 2 N–H and O–H groups in total. The Morgan fingerprint density at radius 1 is 1.33 bits per heavy atom. The first-order chi connectivity index (χ1) is 9.95. The predicted octanol–water partition coefficient (Wildman–Crippen LogP) is 1.92. The maximum absolute atomic E-state index is 12.7. The highest BCUT2D eigenvalue weighted by molar-refractivity contribution is 7.91. The van der Waals surface area contributed by atoms with Gasteiger partial charge in [0.05, 0.1) is 22.3 Å². The van der Waals surface area contributed by atoms with Crippen LogP contribution in [0.15, 0.2) is 29.2 Å². The van der Waals surface area contributed by atoms with Crippen molar-refractivity contribution in [3.63, 3.8) is 0 Å². The van der Waals surface area contributed by atoms with E-state index < -0.39 is 21.5 Å². The van der Waals surface area contributed by atoms with E-state index in [1.165, 1.54) is 0 Å². The molecule has 0 radical (unpaired) electrons. The molecule has 0 bridgehead atoms. The van der Waals surface area contributed by atoms with Crippen molar-refractivity contribution in [3.05, 3.63) is 29.8 Å². The Labute approximate surface area is 127 Å². The third-order valence-electron chi connectivity index (χ3n) is 4.44. The summed E-state index contributed by atoms with van der Waals surface area (Å²) < 4.78 is 25.4. The normalized spacial score (nSPS) is 27.9. The average Bonchev–Trinajstić information content (AvgIpc) is 2.54. The number of aliphatic hydroxyl groups excluding tert-OH is 1. The highest BCUT2D eigenvalue weighted by Crippen LogP contribution is 2.31. The zero-order chi connectivity index (χ0) is 15.5. The molecule has 0 saturated carbocycles. The van der Waals surface area contributed by atoms with Gasteiger partial charge in [0, 0.05) is 6.42 Å². The van der Waals surface area contributed by atoms with Crippen LogP contribution in [0.1, 0.15) is 38.7 Å². The van der Waals surface area contributed by atoms with Crippen LogP contribution in [0.4, 0.5) is 0 Å². The molecule has 2 atom stereocenters. The minimum absolute atomic E-state index is 0.0433. The maximum Gasteiger partial charge on any atom is 0.180 e. The van der Waals surface area contributed by atoms with Gasteiger partial charge in [-0.3, -0.25) is 0 Å². The fourth-order valence-corrected chi connectivity index (χ4v) is 5.21. The fraction of sp³-hybridized carbons (Fsp3) is 0.625. The largest absolute Gasteiger partial charge is 0.391 e. The first-order valence-corrected chi connectivity index (χ1v) is 9.34. The number of benzene rings is 1. The summed E-state index contributed by atoms with van der Waals surface area (Å²) in [4.78, 5) is 0.372. The van der Waals surface area contributed by atoms with Crippen LogP contribution >= 0.6 is 0 Å². The summed E-state index contributed by atoms with van der Waals surface area (Å²) in [6.45, 7) is 4.76. The SMILES string of the molecule is CCCCN[C@]1(CC)CS(=O)(=O)c2ccccc2C[C@H]1O. The number of unbranched alkanes of at least 4 members (excludes halogenated alkanes) is 1. The summed E-state index contributed by atoms with van der Waals surface area (Å²) in [7, 11) is -3.39. The monoisotopic (exact) mass is 311 g/mol. The number of hydrogen-bond donors (Lipinski definition) is 2. The van der Waals surface area contributed by atoms with E-state index in [1.54, 1.807) is 18.2 Å². The third kappa shape index (κ3) is 3.30. The van der Waals surface area contributed by atoms with Crippen molar-refractivity contribution in [1.82, 2.24) is 5.32 Å². The minimum Gasteiger partial charge on any atom is -0.391 e. The molecule has 21 heavy (non-hydrogen) atoms. The van der Waals surface area contributed by atoms with Crippen molar-refractivity contribution >= 4 is 9.84 Å². The lowest BCUT2D eigenvalue weighted by molar-refractivity contribution is 0.0699. The lowest BCUT2D eigenvalue weighted by Crippen LogP contribution is -2.58. The Morgan fingerprint density at radius 3 is 2.71 bits per heavy atom. The second kappa shape index (κ2) is 6.46. The van der Waals surface area contributed by atoms with Crippen LogP contribution in [-0.2, 0) is 16.3 Å². The van der Waals surface area contributed by atoms with Crippen LogP contribution in [0.3, 0.4) is 0 Å². The molecule has 118 valence electrons. The summed E-state index contributed by atoms with van der Waals surface area (Å²) in [5.41, 5.74) is -0.0369. The number of nitrogens with one attached hydrogen (secondary N) is 1. The van der Waals surface area contributed by atoms with Gasteiger partial charge in [-0.05, 0) is 31.0 Å². The second-order valence-corrected chi connectivity index (χ2v) is 7.83. The molecule has 1 aromatic rings. The molecule has 5 heteroatoms. The summed E-state index contributed by atoms with van der Waals surface area (Å²) in [5, 5.41) is 14.0. The summed E-state index contributed by atoms with van der Waals surface area (Å²) in [5.74, 6) is -0.0433. The van der Waals surface area contributed by atoms with E-state index in [4.69, 9.17) is 0 Å². The van der Waals surface area contributed by atoms with E-state index in [9.17, 15) is 13.5 Å². The molecule has 1 aliphatic rings. The zero-order valence-electron chi connectivity index (χ0n) is 12.8. The lowest BCUT2D eigenvalue weighted by Gasteiger charge is -2.36. The van der Waals surface area contributed by atoms with E-state index in [-0.39, 0.29) is 5.75 Å². The smallest absolute Gasteiger partial charge is 0.180 e. The van der Waals surface area contributed by atoms with Gasteiger partial charge in [-0.2, -0.15) is 0 Å². The van der Waals surface area contributed by atoms with E-state index in [2.05, 4.69) is 12.2 Å². The number of aliphatic hydroxyl groups is 1. The van der Waals surface area contributed by atoms with Crippen molar-refractivity contribution in [2.75, 3.05) is 12.3 Å². The van der Waals surface area contributed by atoms with Crippen molar-refractivity contribution in [3.8, 4) is 0 Å². The van der Waals surface area contributed by atoms with E-state index in [1.807, 2.05) is 13.0 Å². The number of sulfone groups is 1. The third-order valence-corrected chi connectivity index (χ3v) is 6.41. The highest BCUT2D eigenvalue weighted by atomic mass is 32.2. The quantitative estimate of drug-likeness (QED) is 0.815. The van der Waals surface area contributed by atoms with E-state index >= 15 is 0 Å². The van der Waals surface area contributed by atoms with Gasteiger partial charge in [-0.15, -0.1) is 0 Å². The van der Waals surface area contributed by atoms with Crippen LogP contribution in [0.5, 0.6) is 0 Å². The first kappa shape index (κ1) is 16.5. The Kier molecular flexibility index (Phi) is 5.07. The second-order valence-electron chi connectivity index (χ2n) is 5.88. The molecule has 1 aromatic carbocycles. The maximum atomic E-state index is 12.7. The van der Waals surface area contributed by atoms with E-state index in [0.29, 0.717) is 17.7 Å². The molecule has 2 rings (SSSR count). The van der Waals surface area contributed by atoms with Gasteiger partial charge in [0.25, 0.3) is 0 Å². The molecule has 0 unspecified atom stereocenters. The number of rotatable bonds is 5. The van der Waals surface area contributed by atoms with Crippen LogP contribution in [-0.4, -0.2) is 37.5 Å². The van der Waals surface area contributed by atoms with Gasteiger partial charge < -0.3 is 10.4 Å². The molecule has 0 aliphatic carbocycles. The van der Waals surface area contributed by atoms with Crippen LogP contribution in [0.2, 0.25) is 0 Å². The highest BCUT2D eigenvalue weighted by Gasteiger charge is 2.43. The lowest BCUT2D eigenvalue weighted by atomic mass is 9.87. The van der Waals surface area contributed by atoms with E-state index in [0.717, 1.165) is 24.9 Å². The molecule has 0 saturated heterocycles. The Balaban J connectivity index is 2.39. The van der Waals surface area contributed by atoms with Crippen molar-refractivity contribution in [2.45, 2.75) is 56.1 Å². The number of hydrogen-bond acceptors (Lipinski definition) is 4. The number of fused-ring (bicyclic) bond motifs is 1. The standard InChI is InChI=1S/C16H25NO3S/c1-3-5-10-17-16(4-2)12-21(19,20)14-9-7-6-8-13(14)11-15(16)18/h6-9,15,17-18H,3-5,10-12H2,1-2H3/t15-,16-/m1/s1. The average molecular weight is 311 g/mol. The molecule has 0 fully saturated rings. The summed E-state index contributed by atoms with van der Waals surface area (Å²) in [6, 6.07) is 7.01. The molecule has 4 nitrogen and oxygen atoms in total. The van der Waals surface area contributed by atoms with Crippen molar-refractivity contribution in [1.29, 1.82) is 0 Å². The predicted molar refractivity (Wildman–Crippen MR) is 84.1 cm³/mol. The summed E-state index contributed by atoms with van der Waals surface area (Å²) >= 11 is 0. The molecular weight excluding hydrogens is 286 g/mol. The Morgan fingerprint density at radius 2 is 2.05 bits per heavy atom. The molecule has 1 aliphatic heterocycles. The van der Waals surface area contributed by atoms with Gasteiger partial charge in [0.2, 0.25) is 0 Å². The van der Waals surface area contributed by atoms with Gasteiger partial charge in [-0.25, -0.2) is 8.42 Å². The molecular formula is C16H25NO3S. The topological polar surface area (TPSA) is 66.4 Å². The van der Waals surface area contributed by atoms with Crippen molar-refractivity contribution in [2.24, 2.45) is 0 Å². The molecule has 0 amide bonds. The molecule has 0 aromatic heterocycles. The molecule has 1 heterocycles. The van der Waals surface area contributed by atoms with Crippen LogP contribution < -0.4 is 5.32 Å². The minimum atomic E-state index is -3.39. The Hall–Kier alpha value is -0.910. The molecule has 0 spiro atoms. The van der Waals surface area contributed by atoms with Gasteiger partial charge in [0.15, 0.2) is 9.84 Å². The summed E-state index contributed by atoms with van der Waals surface area (Å²) in [6.07, 6.45) is 2.28. The zero-order valence-corrected chi connectivity index (χ0v) is 13.6. The first-order valence-electron chi connectivity index (χ1n) is 7.69. The van der Waals surface area contributed by atoms with Gasteiger partial charge in [-0.1, -0.05) is 38.5 Å². The van der Waals surface area contributed by atoms with Crippen LogP contribution in [0.25, 0.3) is 0 Å². The van der Waals surface area contributed by atoms with Crippen molar-refractivity contribution < 1.29 is 13.5 Å². The Bertz CT molecular complexity index is 585. The van der Waals surface area contributed by atoms with Crippen LogP contribution in [0, 0.1) is 0 Å². The fourth-order valence-electron chi connectivity index (χ4n) is 3.04.